The van der Waals surface area contributed by atoms with Gasteiger partial charge in [-0.1, -0.05) is 53.7 Å². The Hall–Kier alpha value is -1.25. The fraction of sp³-hybridized carbons (Fsp3) is 0.143. The highest BCUT2D eigenvalue weighted by atomic mass is 32.2. The highest BCUT2D eigenvalue weighted by Crippen LogP contribution is 2.47. The Morgan fingerprint density at radius 1 is 1.06 bits per heavy atom. The van der Waals surface area contributed by atoms with Crippen LogP contribution in [0.4, 0.5) is 0 Å². The zero-order valence-corrected chi connectivity index (χ0v) is 9.79. The van der Waals surface area contributed by atoms with Crippen molar-refractivity contribution in [1.82, 2.24) is 0 Å². The summed E-state index contributed by atoms with van der Waals surface area (Å²) in [6.45, 7) is 2.10. The maximum absolute atomic E-state index is 10.0. The van der Waals surface area contributed by atoms with E-state index in [4.69, 9.17) is 0 Å². The molecule has 1 aliphatic rings. The van der Waals surface area contributed by atoms with Gasteiger partial charge in [-0.3, -0.25) is 0 Å². The second kappa shape index (κ2) is 3.65. The largest absolute Gasteiger partial charge is 0.378 e. The van der Waals surface area contributed by atoms with Gasteiger partial charge in [0.2, 0.25) is 0 Å². The molecule has 1 N–H and O–H groups in total. The van der Waals surface area contributed by atoms with Crippen molar-refractivity contribution in [2.45, 2.75) is 17.3 Å². The van der Waals surface area contributed by atoms with Gasteiger partial charge in [0.15, 0.2) is 0 Å². The van der Waals surface area contributed by atoms with E-state index in [1.54, 1.807) is 0 Å². The molecule has 3 rings (SSSR count). The molecule has 0 bridgehead atoms. The molecule has 0 aliphatic carbocycles. The van der Waals surface area contributed by atoms with Crippen molar-refractivity contribution in [3.63, 3.8) is 0 Å². The summed E-state index contributed by atoms with van der Waals surface area (Å²) in [4.78, 5) is 1.16. The zero-order chi connectivity index (χ0) is 11.1. The number of aryl methyl sites for hydroxylation is 1. The third kappa shape index (κ3) is 1.46. The van der Waals surface area contributed by atoms with Crippen LogP contribution in [0, 0.1) is 6.92 Å². The fourth-order valence-corrected chi connectivity index (χ4v) is 3.11. The predicted molar refractivity (Wildman–Crippen MR) is 67.4 cm³/mol. The number of rotatable bonds is 0. The lowest BCUT2D eigenvalue weighted by Gasteiger charge is -2.23. The van der Waals surface area contributed by atoms with Crippen LogP contribution in [0.1, 0.15) is 16.6 Å². The molecule has 1 unspecified atom stereocenters. The third-order valence-electron chi connectivity index (χ3n) is 2.89. The van der Waals surface area contributed by atoms with Crippen LogP contribution in [-0.2, 0) is 0 Å². The average molecular weight is 228 g/mol. The molecule has 16 heavy (non-hydrogen) atoms. The minimum atomic E-state index is -0.439. The summed E-state index contributed by atoms with van der Waals surface area (Å²) in [6.07, 6.45) is 0. The molecule has 0 aromatic heterocycles. The molecule has 1 aliphatic heterocycles. The van der Waals surface area contributed by atoms with Crippen molar-refractivity contribution in [2.75, 3.05) is 0 Å². The summed E-state index contributed by atoms with van der Waals surface area (Å²) < 4.78 is 0. The number of fused-ring (bicyclic) bond motifs is 3. The van der Waals surface area contributed by atoms with Crippen LogP contribution < -0.4 is 0 Å². The van der Waals surface area contributed by atoms with E-state index in [2.05, 4.69) is 31.2 Å². The standard InChI is InChI=1S/C14H12OS/c1-9-6-7-13-12(8-9)10-4-2-3-5-11(10)14(15)16-13/h2-8,14-15H,1H3. The van der Waals surface area contributed by atoms with Crippen molar-refractivity contribution in [3.8, 4) is 11.1 Å². The Kier molecular flexibility index (Phi) is 2.27. The number of aliphatic hydroxyl groups excluding tert-OH is 1. The Labute approximate surface area is 99.1 Å². The number of hydrogen-bond donors (Lipinski definition) is 1. The quantitative estimate of drug-likeness (QED) is 0.741. The Bertz CT molecular complexity index is 548. The molecular formula is C14H12OS. The lowest BCUT2D eigenvalue weighted by Crippen LogP contribution is -2.02. The van der Waals surface area contributed by atoms with E-state index in [1.807, 2.05) is 18.2 Å². The topological polar surface area (TPSA) is 20.2 Å². The monoisotopic (exact) mass is 228 g/mol. The van der Waals surface area contributed by atoms with Crippen molar-refractivity contribution in [1.29, 1.82) is 0 Å². The van der Waals surface area contributed by atoms with Gasteiger partial charge in [0.25, 0.3) is 0 Å². The van der Waals surface area contributed by atoms with Crippen molar-refractivity contribution >= 4 is 11.8 Å². The van der Waals surface area contributed by atoms with E-state index in [0.29, 0.717) is 0 Å². The number of thioether (sulfide) groups is 1. The molecule has 0 spiro atoms. The smallest absolute Gasteiger partial charge is 0.130 e. The average Bonchev–Trinajstić information content (AvgIpc) is 2.31. The second-order valence-corrected chi connectivity index (χ2v) is 5.18. The van der Waals surface area contributed by atoms with Gasteiger partial charge in [0, 0.05) is 4.90 Å². The molecule has 0 fully saturated rings. The number of benzene rings is 2. The molecule has 2 aromatic carbocycles. The van der Waals surface area contributed by atoms with E-state index in [0.717, 1.165) is 16.0 Å². The van der Waals surface area contributed by atoms with Gasteiger partial charge in [-0.2, -0.15) is 0 Å². The summed E-state index contributed by atoms with van der Waals surface area (Å²) in [5.41, 5.74) is 4.24. The van der Waals surface area contributed by atoms with Gasteiger partial charge >= 0.3 is 0 Å². The fourth-order valence-electron chi connectivity index (χ4n) is 2.10. The van der Waals surface area contributed by atoms with Crippen molar-refractivity contribution in [3.05, 3.63) is 53.6 Å². The maximum atomic E-state index is 10.0. The predicted octanol–water partition coefficient (Wildman–Crippen LogP) is 3.76. The van der Waals surface area contributed by atoms with Crippen molar-refractivity contribution in [2.24, 2.45) is 0 Å². The molecule has 1 atom stereocenters. The molecule has 0 radical (unpaired) electrons. The van der Waals surface area contributed by atoms with Crippen LogP contribution in [0.2, 0.25) is 0 Å². The highest BCUT2D eigenvalue weighted by molar-refractivity contribution is 7.99. The second-order valence-electron chi connectivity index (χ2n) is 4.06. The van der Waals surface area contributed by atoms with Crippen LogP contribution >= 0.6 is 11.8 Å². The Morgan fingerprint density at radius 2 is 1.88 bits per heavy atom. The van der Waals surface area contributed by atoms with E-state index in [-0.39, 0.29) is 0 Å². The summed E-state index contributed by atoms with van der Waals surface area (Å²) in [7, 11) is 0. The molecular weight excluding hydrogens is 216 g/mol. The minimum absolute atomic E-state index is 0.439. The van der Waals surface area contributed by atoms with Gasteiger partial charge < -0.3 is 5.11 Å². The molecule has 2 heteroatoms. The van der Waals surface area contributed by atoms with Crippen LogP contribution in [-0.4, -0.2) is 5.11 Å². The van der Waals surface area contributed by atoms with Gasteiger partial charge in [0.1, 0.15) is 5.44 Å². The van der Waals surface area contributed by atoms with Crippen LogP contribution in [0.25, 0.3) is 11.1 Å². The molecule has 2 aromatic rings. The zero-order valence-electron chi connectivity index (χ0n) is 8.97. The first-order valence-electron chi connectivity index (χ1n) is 5.30. The first-order valence-corrected chi connectivity index (χ1v) is 6.18. The summed E-state index contributed by atoms with van der Waals surface area (Å²) in [5.74, 6) is 0. The SMILES string of the molecule is Cc1ccc2c(c1)-c1ccccc1C(O)S2. The van der Waals surface area contributed by atoms with Gasteiger partial charge in [0.05, 0.1) is 0 Å². The molecule has 0 saturated carbocycles. The van der Waals surface area contributed by atoms with Gasteiger partial charge in [-0.05, 0) is 29.7 Å². The number of aliphatic hydroxyl groups is 1. The van der Waals surface area contributed by atoms with Crippen LogP contribution in [0.5, 0.6) is 0 Å². The van der Waals surface area contributed by atoms with E-state index in [9.17, 15) is 5.11 Å². The van der Waals surface area contributed by atoms with E-state index in [1.165, 1.54) is 22.9 Å². The first kappa shape index (κ1) is 9.94. The third-order valence-corrected chi connectivity index (χ3v) is 3.98. The minimum Gasteiger partial charge on any atom is -0.378 e. The molecule has 0 amide bonds. The van der Waals surface area contributed by atoms with Crippen LogP contribution in [0.3, 0.4) is 0 Å². The van der Waals surface area contributed by atoms with Crippen molar-refractivity contribution < 1.29 is 5.11 Å². The lowest BCUT2D eigenvalue weighted by molar-refractivity contribution is 0.270. The molecule has 0 saturated heterocycles. The highest BCUT2D eigenvalue weighted by Gasteiger charge is 2.22. The molecule has 1 nitrogen and oxygen atoms in total. The summed E-state index contributed by atoms with van der Waals surface area (Å²) in [6, 6.07) is 14.4. The first-order chi connectivity index (χ1) is 7.75. The Morgan fingerprint density at radius 3 is 2.75 bits per heavy atom. The molecule has 1 heterocycles. The Balaban J connectivity index is 2.29. The number of hydrogen-bond acceptors (Lipinski definition) is 2. The lowest BCUT2D eigenvalue weighted by atomic mass is 9.98. The van der Waals surface area contributed by atoms with Gasteiger partial charge in [-0.25, -0.2) is 0 Å². The summed E-state index contributed by atoms with van der Waals surface area (Å²) in [5, 5.41) is 10.0. The molecule has 80 valence electrons. The normalized spacial score (nSPS) is 17.8. The van der Waals surface area contributed by atoms with E-state index < -0.39 is 5.44 Å². The van der Waals surface area contributed by atoms with Crippen LogP contribution in [0.15, 0.2) is 47.4 Å². The van der Waals surface area contributed by atoms with E-state index >= 15 is 0 Å². The summed E-state index contributed by atoms with van der Waals surface area (Å²) >= 11 is 1.52. The maximum Gasteiger partial charge on any atom is 0.130 e. The van der Waals surface area contributed by atoms with Gasteiger partial charge in [-0.15, -0.1) is 0 Å².